The summed E-state index contributed by atoms with van der Waals surface area (Å²) < 4.78 is 0.960. The van der Waals surface area contributed by atoms with Crippen LogP contribution in [0.3, 0.4) is 0 Å². The predicted octanol–water partition coefficient (Wildman–Crippen LogP) is 1.26. The average Bonchev–Trinajstić information content (AvgIpc) is 2.14. The fourth-order valence-corrected chi connectivity index (χ4v) is 1.04. The molecule has 0 saturated carbocycles. The lowest BCUT2D eigenvalue weighted by molar-refractivity contribution is 1.02. The molecule has 1 aromatic heterocycles. The van der Waals surface area contributed by atoms with E-state index in [1.807, 2.05) is 12.1 Å². The molecule has 6 heteroatoms. The van der Waals surface area contributed by atoms with E-state index in [1.165, 1.54) is 0 Å². The lowest BCUT2D eigenvalue weighted by Crippen LogP contribution is -2.36. The van der Waals surface area contributed by atoms with Crippen LogP contribution in [0.1, 0.15) is 0 Å². The Labute approximate surface area is 90.2 Å². The average molecular weight is 261 g/mol. The van der Waals surface area contributed by atoms with Crippen LogP contribution in [0.15, 0.2) is 22.8 Å². The number of anilines is 1. The van der Waals surface area contributed by atoms with Crippen molar-refractivity contribution in [2.45, 2.75) is 0 Å². The molecule has 0 saturated heterocycles. The van der Waals surface area contributed by atoms with E-state index in [-0.39, 0.29) is 0 Å². The summed E-state index contributed by atoms with van der Waals surface area (Å²) in [4.78, 5) is 4.05. The number of hydrogen-bond donors (Lipinski definition) is 3. The summed E-state index contributed by atoms with van der Waals surface area (Å²) in [7, 11) is 1.74. The first-order valence-electron chi connectivity index (χ1n) is 3.57. The second kappa shape index (κ2) is 4.98. The van der Waals surface area contributed by atoms with Gasteiger partial charge in [0.15, 0.2) is 5.11 Å². The van der Waals surface area contributed by atoms with Crippen LogP contribution in [0.25, 0.3) is 0 Å². The fourth-order valence-electron chi connectivity index (χ4n) is 0.656. The van der Waals surface area contributed by atoms with Gasteiger partial charge in [0.05, 0.1) is 0 Å². The number of rotatable bonds is 2. The summed E-state index contributed by atoms with van der Waals surface area (Å²) in [5, 5.41) is 3.28. The zero-order chi connectivity index (χ0) is 9.68. The Morgan fingerprint density at radius 3 is 3.00 bits per heavy atom. The second-order valence-electron chi connectivity index (χ2n) is 2.19. The van der Waals surface area contributed by atoms with Crippen LogP contribution in [0, 0.1) is 0 Å². The summed E-state index contributed by atoms with van der Waals surface area (Å²) in [5.74, 6) is 0.701. The molecule has 0 bridgehead atoms. The Balaban J connectivity index is 2.50. The monoisotopic (exact) mass is 260 g/mol. The molecule has 0 amide bonds. The Kier molecular flexibility index (Phi) is 3.91. The van der Waals surface area contributed by atoms with Crippen LogP contribution in [-0.2, 0) is 0 Å². The third-order valence-electron chi connectivity index (χ3n) is 1.25. The van der Waals surface area contributed by atoms with E-state index in [9.17, 15) is 0 Å². The lowest BCUT2D eigenvalue weighted by atomic mass is 10.5. The minimum atomic E-state index is 0.516. The molecule has 0 aliphatic carbocycles. The highest BCUT2D eigenvalue weighted by atomic mass is 79.9. The van der Waals surface area contributed by atoms with Gasteiger partial charge in [0.25, 0.3) is 0 Å². The first kappa shape index (κ1) is 10.2. The Hall–Kier alpha value is -0.880. The van der Waals surface area contributed by atoms with Crippen LogP contribution in [0.4, 0.5) is 5.82 Å². The second-order valence-corrected chi connectivity index (χ2v) is 3.51. The first-order chi connectivity index (χ1) is 6.22. The van der Waals surface area contributed by atoms with E-state index in [4.69, 9.17) is 12.2 Å². The predicted molar refractivity (Wildman–Crippen MR) is 60.4 cm³/mol. The van der Waals surface area contributed by atoms with Crippen molar-refractivity contribution in [3.8, 4) is 0 Å². The van der Waals surface area contributed by atoms with Crippen molar-refractivity contribution in [2.24, 2.45) is 0 Å². The maximum atomic E-state index is 4.86. The Morgan fingerprint density at radius 2 is 2.38 bits per heavy atom. The zero-order valence-electron chi connectivity index (χ0n) is 6.97. The topological polar surface area (TPSA) is 49.0 Å². The summed E-state index contributed by atoms with van der Waals surface area (Å²) >= 11 is 8.19. The summed E-state index contributed by atoms with van der Waals surface area (Å²) in [5.41, 5.74) is 5.60. The van der Waals surface area contributed by atoms with Gasteiger partial charge in [0, 0.05) is 17.7 Å². The molecule has 0 spiro atoms. The van der Waals surface area contributed by atoms with Crippen LogP contribution >= 0.6 is 28.1 Å². The summed E-state index contributed by atoms with van der Waals surface area (Å²) in [6.45, 7) is 0. The van der Waals surface area contributed by atoms with Gasteiger partial charge < -0.3 is 5.32 Å². The number of hydrazine groups is 1. The lowest BCUT2D eigenvalue weighted by Gasteiger charge is -2.08. The van der Waals surface area contributed by atoms with Gasteiger partial charge >= 0.3 is 0 Å². The van der Waals surface area contributed by atoms with E-state index in [2.05, 4.69) is 37.1 Å². The minimum Gasteiger partial charge on any atom is -0.364 e. The molecule has 0 radical (unpaired) electrons. The van der Waals surface area contributed by atoms with Crippen molar-refractivity contribution in [1.82, 2.24) is 15.7 Å². The molecule has 70 valence electrons. The van der Waals surface area contributed by atoms with Gasteiger partial charge in [-0.3, -0.25) is 10.9 Å². The van der Waals surface area contributed by atoms with E-state index in [0.717, 1.165) is 4.47 Å². The largest absolute Gasteiger partial charge is 0.364 e. The van der Waals surface area contributed by atoms with Crippen molar-refractivity contribution >= 4 is 39.1 Å². The van der Waals surface area contributed by atoms with Crippen LogP contribution in [0.5, 0.6) is 0 Å². The molecule has 0 atom stereocenters. The Morgan fingerprint density at radius 1 is 1.62 bits per heavy atom. The van der Waals surface area contributed by atoms with Crippen molar-refractivity contribution in [3.05, 3.63) is 22.8 Å². The van der Waals surface area contributed by atoms with Gasteiger partial charge in [-0.05, 0) is 24.4 Å². The van der Waals surface area contributed by atoms with Gasteiger partial charge in [-0.15, -0.1) is 0 Å². The van der Waals surface area contributed by atoms with E-state index in [0.29, 0.717) is 10.9 Å². The molecule has 4 nitrogen and oxygen atoms in total. The molecular formula is C7H9BrN4S. The number of aromatic nitrogens is 1. The number of pyridine rings is 1. The van der Waals surface area contributed by atoms with E-state index in [1.54, 1.807) is 13.2 Å². The third-order valence-corrected chi connectivity index (χ3v) is 2.05. The highest BCUT2D eigenvalue weighted by Gasteiger charge is 1.94. The molecule has 0 aliphatic rings. The van der Waals surface area contributed by atoms with Crippen molar-refractivity contribution in [1.29, 1.82) is 0 Å². The quantitative estimate of drug-likeness (QED) is 0.553. The fraction of sp³-hybridized carbons (Fsp3) is 0.143. The van der Waals surface area contributed by atoms with E-state index < -0.39 is 0 Å². The van der Waals surface area contributed by atoms with Crippen molar-refractivity contribution in [3.63, 3.8) is 0 Å². The van der Waals surface area contributed by atoms with Crippen molar-refractivity contribution in [2.75, 3.05) is 12.5 Å². The highest BCUT2D eigenvalue weighted by molar-refractivity contribution is 9.10. The van der Waals surface area contributed by atoms with Gasteiger partial charge in [-0.25, -0.2) is 4.98 Å². The minimum absolute atomic E-state index is 0.516. The highest BCUT2D eigenvalue weighted by Crippen LogP contribution is 2.11. The number of nitrogens with zero attached hydrogens (tertiary/aromatic N) is 1. The maximum absolute atomic E-state index is 4.86. The molecule has 1 rings (SSSR count). The summed E-state index contributed by atoms with van der Waals surface area (Å²) in [6, 6.07) is 3.69. The molecule has 3 N–H and O–H groups in total. The normalized spacial score (nSPS) is 9.08. The first-order valence-corrected chi connectivity index (χ1v) is 4.78. The number of hydrogen-bond acceptors (Lipinski definition) is 3. The van der Waals surface area contributed by atoms with Crippen molar-refractivity contribution < 1.29 is 0 Å². The number of halogens is 1. The summed E-state index contributed by atoms with van der Waals surface area (Å²) in [6.07, 6.45) is 1.69. The third kappa shape index (κ3) is 3.56. The number of nitrogens with one attached hydrogen (secondary N) is 3. The molecule has 0 aromatic carbocycles. The molecule has 0 unspecified atom stereocenters. The molecule has 1 heterocycles. The standard InChI is InChI=1S/C7H9BrN4S/c1-9-7(13)12-11-6-4-5(8)2-3-10-6/h2-4H,1H3,(H,10,11)(H2,9,12,13). The van der Waals surface area contributed by atoms with Crippen LogP contribution in [0.2, 0.25) is 0 Å². The van der Waals surface area contributed by atoms with Gasteiger partial charge in [-0.2, -0.15) is 0 Å². The van der Waals surface area contributed by atoms with Crippen LogP contribution < -0.4 is 16.2 Å². The zero-order valence-corrected chi connectivity index (χ0v) is 9.37. The molecular weight excluding hydrogens is 252 g/mol. The van der Waals surface area contributed by atoms with Gasteiger partial charge in [0.2, 0.25) is 0 Å². The maximum Gasteiger partial charge on any atom is 0.184 e. The number of thiocarbonyl (C=S) groups is 1. The van der Waals surface area contributed by atoms with E-state index >= 15 is 0 Å². The van der Waals surface area contributed by atoms with Crippen LogP contribution in [-0.4, -0.2) is 17.1 Å². The molecule has 0 aliphatic heterocycles. The van der Waals surface area contributed by atoms with Gasteiger partial charge in [-0.1, -0.05) is 15.9 Å². The molecule has 1 aromatic rings. The Bertz CT molecular complexity index is 304. The SMILES string of the molecule is CNC(=S)NNc1cc(Br)ccn1. The smallest absolute Gasteiger partial charge is 0.184 e. The molecule has 0 fully saturated rings. The van der Waals surface area contributed by atoms with Gasteiger partial charge in [0.1, 0.15) is 5.82 Å². The molecule has 13 heavy (non-hydrogen) atoms.